The fraction of sp³-hybridized carbons (Fsp3) is 0.278. The maximum absolute atomic E-state index is 13.9. The van der Waals surface area contributed by atoms with Gasteiger partial charge in [0.1, 0.15) is 23.4 Å². The van der Waals surface area contributed by atoms with Crippen LogP contribution in [0.5, 0.6) is 17.2 Å². The van der Waals surface area contributed by atoms with E-state index >= 15 is 0 Å². The number of pyridine rings is 1. The number of likely N-dealkylation sites (N-methyl/N-ethyl adjacent to an activating group) is 1. The zero-order chi connectivity index (χ0) is 31.3. The molecular weight excluding hydrogens is 566 g/mol. The molecule has 1 aliphatic rings. The fourth-order valence-corrected chi connectivity index (χ4v) is 5.51. The molecule has 9 nitrogen and oxygen atoms in total. The van der Waals surface area contributed by atoms with E-state index in [1.165, 1.54) is 0 Å². The molecule has 9 heteroatoms. The lowest BCUT2D eigenvalue weighted by molar-refractivity contribution is 0.0432. The van der Waals surface area contributed by atoms with Crippen molar-refractivity contribution in [1.29, 1.82) is 0 Å². The van der Waals surface area contributed by atoms with E-state index in [1.807, 2.05) is 91.5 Å². The molecule has 3 aromatic carbocycles. The Hall–Kier alpha value is -5.02. The largest absolute Gasteiger partial charge is 0.487 e. The van der Waals surface area contributed by atoms with E-state index in [2.05, 4.69) is 46.2 Å². The number of fused-ring (bicyclic) bond motifs is 1. The number of para-hydroxylation sites is 2. The zero-order valence-electron chi connectivity index (χ0n) is 26.0. The average Bonchev–Trinajstić information content (AvgIpc) is 3.54. The van der Waals surface area contributed by atoms with Gasteiger partial charge in [-0.2, -0.15) is 0 Å². The number of ether oxygens (including phenoxy) is 2. The van der Waals surface area contributed by atoms with E-state index in [9.17, 15) is 4.79 Å². The van der Waals surface area contributed by atoms with Crippen molar-refractivity contribution in [3.8, 4) is 40.2 Å². The Kier molecular flexibility index (Phi) is 8.89. The molecule has 0 fully saturated rings. The predicted molar refractivity (Wildman–Crippen MR) is 172 cm³/mol. The van der Waals surface area contributed by atoms with Crippen molar-refractivity contribution in [1.82, 2.24) is 25.0 Å². The summed E-state index contributed by atoms with van der Waals surface area (Å²) in [5, 5.41) is 8.60. The summed E-state index contributed by atoms with van der Waals surface area (Å²) in [6.45, 7) is 8.17. The van der Waals surface area contributed by atoms with Gasteiger partial charge in [-0.3, -0.25) is 14.7 Å². The highest BCUT2D eigenvalue weighted by atomic mass is 16.5. The van der Waals surface area contributed by atoms with Crippen LogP contribution in [0.15, 0.2) is 102 Å². The molecule has 0 radical (unpaired) electrons. The standard InChI is InChI=1S/C36H37N5O4/c1-24(2)41-21-25(3)32(23-40(4)22-26-13-15-29(16-14-26)43-28-9-6-5-7-10-28)44-33-30(11-8-12-31(33)36(41)42)35-39-38-34(45-35)27-17-19-37-20-18-27/h5-20,24-25,32H,21-23H2,1-4H3/t25-,32?/m0/s1. The number of carbonyl (C=O) groups excluding carboxylic acids is 1. The minimum Gasteiger partial charge on any atom is -0.487 e. The molecule has 3 heterocycles. The quantitative estimate of drug-likeness (QED) is 0.178. The van der Waals surface area contributed by atoms with Gasteiger partial charge in [0.05, 0.1) is 11.1 Å². The average molecular weight is 604 g/mol. The van der Waals surface area contributed by atoms with E-state index in [4.69, 9.17) is 13.9 Å². The summed E-state index contributed by atoms with van der Waals surface area (Å²) in [6.07, 6.45) is 3.14. The molecule has 0 bridgehead atoms. The van der Waals surface area contributed by atoms with Gasteiger partial charge in [0, 0.05) is 49.6 Å². The molecule has 45 heavy (non-hydrogen) atoms. The van der Waals surface area contributed by atoms with Gasteiger partial charge in [-0.25, -0.2) is 0 Å². The summed E-state index contributed by atoms with van der Waals surface area (Å²) in [7, 11) is 2.08. The second-order valence-electron chi connectivity index (χ2n) is 11.8. The lowest BCUT2D eigenvalue weighted by Gasteiger charge is -2.38. The van der Waals surface area contributed by atoms with Gasteiger partial charge in [-0.15, -0.1) is 10.2 Å². The third-order valence-corrected chi connectivity index (χ3v) is 7.95. The van der Waals surface area contributed by atoms with Gasteiger partial charge in [0.15, 0.2) is 0 Å². The highest BCUT2D eigenvalue weighted by Crippen LogP contribution is 2.38. The van der Waals surface area contributed by atoms with Crippen molar-refractivity contribution in [2.24, 2.45) is 5.92 Å². The zero-order valence-corrected chi connectivity index (χ0v) is 26.0. The molecule has 230 valence electrons. The molecule has 0 saturated carbocycles. The normalized spacial score (nSPS) is 16.7. The summed E-state index contributed by atoms with van der Waals surface area (Å²) < 4.78 is 18.9. The van der Waals surface area contributed by atoms with Crippen molar-refractivity contribution in [3.63, 3.8) is 0 Å². The minimum absolute atomic E-state index is 0.0197. The number of rotatable bonds is 9. The lowest BCUT2D eigenvalue weighted by Crippen LogP contribution is -2.48. The molecule has 6 rings (SSSR count). The maximum Gasteiger partial charge on any atom is 0.257 e. The predicted octanol–water partition coefficient (Wildman–Crippen LogP) is 6.97. The Bertz CT molecular complexity index is 1720. The molecule has 1 aliphatic heterocycles. The minimum atomic E-state index is -0.215. The summed E-state index contributed by atoms with van der Waals surface area (Å²) in [6, 6.07) is 27.1. The van der Waals surface area contributed by atoms with Crippen LogP contribution in [0.3, 0.4) is 0 Å². The summed E-state index contributed by atoms with van der Waals surface area (Å²) in [5.74, 6) is 2.70. The topological polar surface area (TPSA) is 93.8 Å². The molecule has 0 spiro atoms. The van der Waals surface area contributed by atoms with Crippen LogP contribution in [0.2, 0.25) is 0 Å². The number of hydrogen-bond donors (Lipinski definition) is 0. The lowest BCUT2D eigenvalue weighted by atomic mass is 9.98. The van der Waals surface area contributed by atoms with Crippen LogP contribution < -0.4 is 9.47 Å². The van der Waals surface area contributed by atoms with Gasteiger partial charge < -0.3 is 18.8 Å². The van der Waals surface area contributed by atoms with Crippen molar-refractivity contribution in [2.45, 2.75) is 39.5 Å². The van der Waals surface area contributed by atoms with Crippen LogP contribution in [0.4, 0.5) is 0 Å². The smallest absolute Gasteiger partial charge is 0.257 e. The first kappa shape index (κ1) is 30.0. The van der Waals surface area contributed by atoms with Gasteiger partial charge in [-0.1, -0.05) is 43.3 Å². The Balaban J connectivity index is 1.25. The Morgan fingerprint density at radius 1 is 0.889 bits per heavy atom. The summed E-state index contributed by atoms with van der Waals surface area (Å²) >= 11 is 0. The van der Waals surface area contributed by atoms with Gasteiger partial charge in [-0.05, 0) is 75.0 Å². The number of nitrogens with zero attached hydrogens (tertiary/aromatic N) is 5. The van der Waals surface area contributed by atoms with Crippen LogP contribution >= 0.6 is 0 Å². The van der Waals surface area contributed by atoms with E-state index in [0.29, 0.717) is 41.7 Å². The van der Waals surface area contributed by atoms with E-state index in [1.54, 1.807) is 12.4 Å². The maximum atomic E-state index is 13.9. The SMILES string of the molecule is CC(C)N1C[C@H](C)C(CN(C)Cc2ccc(Oc3ccccc3)cc2)Oc2c(cccc2-c2nnc(-c3ccncc3)o2)C1=O. The Morgan fingerprint density at radius 2 is 1.58 bits per heavy atom. The van der Waals surface area contributed by atoms with Crippen LogP contribution in [-0.2, 0) is 6.54 Å². The number of hydrogen-bond acceptors (Lipinski definition) is 8. The number of aromatic nitrogens is 3. The number of amides is 1. The van der Waals surface area contributed by atoms with Crippen LogP contribution in [0.1, 0.15) is 36.7 Å². The molecule has 0 aliphatic carbocycles. The second kappa shape index (κ2) is 13.3. The first-order valence-corrected chi connectivity index (χ1v) is 15.2. The molecule has 5 aromatic rings. The van der Waals surface area contributed by atoms with Gasteiger partial charge in [0.2, 0.25) is 5.89 Å². The third kappa shape index (κ3) is 6.89. The monoisotopic (exact) mass is 603 g/mol. The molecular formula is C36H37N5O4. The van der Waals surface area contributed by atoms with E-state index in [0.717, 1.165) is 29.2 Å². The van der Waals surface area contributed by atoms with Crippen molar-refractivity contribution < 1.29 is 18.7 Å². The van der Waals surface area contributed by atoms with E-state index < -0.39 is 0 Å². The number of benzene rings is 3. The highest BCUT2D eigenvalue weighted by Gasteiger charge is 2.34. The van der Waals surface area contributed by atoms with Crippen LogP contribution in [-0.4, -0.2) is 63.2 Å². The second-order valence-corrected chi connectivity index (χ2v) is 11.8. The van der Waals surface area contributed by atoms with E-state index in [-0.39, 0.29) is 24.0 Å². The molecule has 0 saturated heterocycles. The van der Waals surface area contributed by atoms with Crippen molar-refractivity contribution in [3.05, 3.63) is 108 Å². The third-order valence-electron chi connectivity index (χ3n) is 7.95. The van der Waals surface area contributed by atoms with Gasteiger partial charge in [0.25, 0.3) is 11.8 Å². The molecule has 2 atom stereocenters. The molecule has 1 unspecified atom stereocenters. The molecule has 0 N–H and O–H groups in total. The fourth-order valence-electron chi connectivity index (χ4n) is 5.51. The Morgan fingerprint density at radius 3 is 2.31 bits per heavy atom. The van der Waals surface area contributed by atoms with Crippen LogP contribution in [0, 0.1) is 5.92 Å². The highest BCUT2D eigenvalue weighted by molar-refractivity contribution is 5.99. The first-order valence-electron chi connectivity index (χ1n) is 15.2. The molecule has 1 amide bonds. The van der Waals surface area contributed by atoms with Crippen molar-refractivity contribution in [2.75, 3.05) is 20.1 Å². The summed E-state index contributed by atoms with van der Waals surface area (Å²) in [5.41, 5.74) is 3.00. The summed E-state index contributed by atoms with van der Waals surface area (Å²) in [4.78, 5) is 22.1. The molecule has 2 aromatic heterocycles. The van der Waals surface area contributed by atoms with Gasteiger partial charge >= 0.3 is 0 Å². The number of carbonyl (C=O) groups is 1. The Labute approximate surface area is 263 Å². The first-order chi connectivity index (χ1) is 21.9. The van der Waals surface area contributed by atoms with Crippen molar-refractivity contribution >= 4 is 5.91 Å². The van der Waals surface area contributed by atoms with Crippen LogP contribution in [0.25, 0.3) is 22.9 Å².